The molecule has 5 rings (SSSR count). The van der Waals surface area contributed by atoms with Gasteiger partial charge < -0.3 is 95.2 Å². The number of benzene rings is 5. The van der Waals surface area contributed by atoms with Crippen LogP contribution in [-0.4, -0.2) is 238 Å². The van der Waals surface area contributed by atoms with Gasteiger partial charge in [0.05, 0.1) is 73.2 Å². The number of amides is 1. The number of ether oxygens (including phenoxy) is 5. The molecule has 0 aliphatic heterocycles. The minimum Gasteiger partial charge on any atom is -0.481 e. The second-order valence-electron chi connectivity index (χ2n) is 23.2. The molecule has 0 aliphatic carbocycles. The van der Waals surface area contributed by atoms with E-state index in [1.54, 1.807) is 53.9 Å². The first-order valence-electron chi connectivity index (χ1n) is 35.3. The molecule has 0 aliphatic rings. The van der Waals surface area contributed by atoms with Crippen molar-refractivity contribution < 1.29 is 176 Å². The van der Waals surface area contributed by atoms with Gasteiger partial charge in [0.15, 0.2) is 6.26 Å². The molecule has 1 amide bonds. The van der Waals surface area contributed by atoms with Gasteiger partial charge in [0.2, 0.25) is 12.1 Å². The number of rotatable bonds is 46. The molecule has 2 unspecified atom stereocenters. The van der Waals surface area contributed by atoms with Crippen LogP contribution in [0.25, 0.3) is 24.3 Å². The number of aliphatic carboxylic acids is 8. The average Bonchev–Trinajstić information content (AvgIpc) is 0.824. The second kappa shape index (κ2) is 69.9. The van der Waals surface area contributed by atoms with Crippen LogP contribution in [0.1, 0.15) is 127 Å². The molecule has 2 atom stereocenters. The molecule has 40 heteroatoms. The topological polar surface area (TPSA) is 613 Å². The Kier molecular flexibility index (Phi) is 65.1. The smallest absolute Gasteiger partial charge is 0.353 e. The van der Waals surface area contributed by atoms with E-state index in [0.29, 0.717) is 11.3 Å². The number of nitrogens with one attached hydrogen (secondary N) is 1. The highest BCUT2D eigenvalue weighted by Gasteiger charge is 2.23. The Balaban J connectivity index is -0.000000675. The minimum atomic E-state index is -1.86. The van der Waals surface area contributed by atoms with E-state index in [4.69, 9.17) is 66.0 Å². The number of aliphatic hydroxyl groups is 1. The summed E-state index contributed by atoms with van der Waals surface area (Å²) < 4.78 is 23.2. The van der Waals surface area contributed by atoms with Crippen LogP contribution < -0.4 is 5.32 Å². The summed E-state index contributed by atoms with van der Waals surface area (Å²) in [6, 6.07) is 32.5. The number of thioether (sulfide) groups is 2. The third-order valence-electron chi connectivity index (χ3n) is 13.5. The zero-order valence-corrected chi connectivity index (χ0v) is 68.4. The number of carbonyl (C=O) groups excluding carboxylic acids is 6. The van der Waals surface area contributed by atoms with Gasteiger partial charge in [-0.3, -0.25) is 52.8 Å². The fourth-order valence-electron chi connectivity index (χ4n) is 7.65. The summed E-state index contributed by atoms with van der Waals surface area (Å²) in [5.74, 6) is -15.0. The van der Waals surface area contributed by atoms with Crippen LogP contribution in [0.5, 0.6) is 0 Å². The first-order chi connectivity index (χ1) is 58.5. The number of hydrogen-bond donors (Lipinski definition) is 13. The molecule has 0 radical (unpaired) electrons. The Morgan fingerprint density at radius 3 is 1.26 bits per heavy atom. The maximum Gasteiger partial charge on any atom is 0.353 e. The van der Waals surface area contributed by atoms with Crippen molar-refractivity contribution in [2.24, 2.45) is 0 Å². The maximum absolute atomic E-state index is 11.7. The Bertz CT molecular complexity index is 4460. The average molecular weight is 1790 g/mol. The van der Waals surface area contributed by atoms with Crippen molar-refractivity contribution in [1.29, 1.82) is 0 Å². The van der Waals surface area contributed by atoms with Crippen molar-refractivity contribution >= 4 is 149 Å². The fraction of sp³-hybridized carbons (Fsp3) is 0.247. The lowest BCUT2D eigenvalue weighted by Crippen LogP contribution is -2.39. The zero-order valence-electron chi connectivity index (χ0n) is 66.8. The molecule has 0 bridgehead atoms. The van der Waals surface area contributed by atoms with E-state index in [2.05, 4.69) is 87.1 Å². The summed E-state index contributed by atoms with van der Waals surface area (Å²) >= 11 is 2.52. The summed E-state index contributed by atoms with van der Waals surface area (Å²) in [6.07, 6.45) is 6.65. The van der Waals surface area contributed by atoms with Gasteiger partial charge in [-0.1, -0.05) is 175 Å². The molecule has 13 N–H and O–H groups in total. The van der Waals surface area contributed by atoms with Crippen molar-refractivity contribution in [3.8, 4) is 0 Å². The molecular weight excluding hydrogens is 1690 g/mol. The number of carboxylic acids is 11. The van der Waals surface area contributed by atoms with Crippen molar-refractivity contribution in [3.63, 3.8) is 0 Å². The Morgan fingerprint density at radius 2 is 0.888 bits per heavy atom. The summed E-state index contributed by atoms with van der Waals surface area (Å²) in [4.78, 5) is 191. The first kappa shape index (κ1) is 116. The lowest BCUT2D eigenvalue weighted by molar-refractivity contribution is -0.252. The van der Waals surface area contributed by atoms with Gasteiger partial charge in [0, 0.05) is 29.7 Å². The summed E-state index contributed by atoms with van der Waals surface area (Å²) in [6.45, 7) is 28.0. The molecule has 676 valence electrons. The lowest BCUT2D eigenvalue weighted by Gasteiger charge is -2.17. The largest absolute Gasteiger partial charge is 0.481 e. The highest BCUT2D eigenvalue weighted by atomic mass is 32.2. The van der Waals surface area contributed by atoms with E-state index in [1.165, 1.54) is 23.6 Å². The van der Waals surface area contributed by atoms with Crippen LogP contribution in [0.2, 0.25) is 0 Å². The normalized spacial score (nSPS) is 9.94. The van der Waals surface area contributed by atoms with E-state index >= 15 is 0 Å². The zero-order chi connectivity index (χ0) is 94.7. The van der Waals surface area contributed by atoms with Crippen LogP contribution >= 0.6 is 23.5 Å². The molecule has 0 fully saturated rings. The Morgan fingerprint density at radius 1 is 0.464 bits per heavy atom. The monoisotopic (exact) mass is 1790 g/mol. The molecule has 0 saturated heterocycles. The van der Waals surface area contributed by atoms with Crippen molar-refractivity contribution in [1.82, 2.24) is 10.2 Å². The molecule has 5 aromatic rings. The van der Waals surface area contributed by atoms with Gasteiger partial charge in [-0.25, -0.2) is 33.6 Å². The van der Waals surface area contributed by atoms with Gasteiger partial charge in [0.1, 0.15) is 44.9 Å². The number of carboxylic acid groups (broad SMARTS) is 11. The molecule has 0 saturated carbocycles. The van der Waals surface area contributed by atoms with Crippen LogP contribution in [0.3, 0.4) is 0 Å². The quantitative estimate of drug-likeness (QED) is 0.00198. The number of aromatic carboxylic acids is 3. The summed E-state index contributed by atoms with van der Waals surface area (Å²) in [7, 11) is 0. The number of hydrogen-bond acceptors (Lipinski definition) is 28. The predicted molar refractivity (Wildman–Crippen MR) is 455 cm³/mol. The number of esters is 5. The number of carbonyl (C=O) groups is 17. The summed E-state index contributed by atoms with van der Waals surface area (Å²) in [5.41, 5.74) is 8.76. The van der Waals surface area contributed by atoms with E-state index in [-0.39, 0.29) is 116 Å². The molecule has 0 aromatic heterocycles. The van der Waals surface area contributed by atoms with Gasteiger partial charge in [-0.05, 0) is 82.3 Å². The second-order valence-corrected chi connectivity index (χ2v) is 25.4. The number of nitrogens with zero attached hydrogens (tertiary/aromatic N) is 1. The fourth-order valence-corrected chi connectivity index (χ4v) is 9.34. The maximum atomic E-state index is 11.7. The molecule has 0 spiro atoms. The Hall–Kier alpha value is -14.8. The van der Waals surface area contributed by atoms with Crippen LogP contribution in [-0.2, 0) is 114 Å². The highest BCUT2D eigenvalue weighted by molar-refractivity contribution is 7.99. The standard InChI is InChI=1S/C14H12O8.C13H15NO4.C13H14O4S.C11H12O2S.C10H14O6.C9H12O6.C9H8O2.C5H7NO4.CH4/c1-2-5-21-22-7-6-20-14(19)9-3-4-10(12(15)16)11(8-9)13(17)18;1-2-10-3-5-11(6-4-10)7-14(8-12(15)16)9-13(17)18;1-2-9-3-5-10(6-4-9)8-18-11(13(16)17)7-12(14)15;1-2-9-3-5-10(6-4-9)7-14-8-11(12)13;1-7(2)10(14)16-6-5-15-9(13)4-3-8(11)12;1-2-8(12)14-5-6-15-9(13)4-3-7(10)11;1-2-7-3-5-8(6-4-7)9(10)11;1-2-3(7)6-4(8)5(9)10;/h3-5,8H,1,6-7H2,(H,15,16)(H,17,18);2-6H,1,7-9H2,(H,15,16)(H,17,18);2-6,11H,1,7-8H2,(H,14,15)(H,16,17);2-6H,1,7-8H2,(H,12,13);1,3-6H2,2H3,(H,11,12);2H,1,3-6H2,(H,10,11);2-6H,1H2,(H,10,11);2,4,8H,1H2,(H,6,7)(H,9,10);1H4. The van der Waals surface area contributed by atoms with Gasteiger partial charge in [0.25, 0.3) is 0 Å². The minimum absolute atomic E-state index is 0. The predicted octanol–water partition coefficient (Wildman–Crippen LogP) is 9.92. The van der Waals surface area contributed by atoms with Gasteiger partial charge in [-0.15, -0.1) is 23.5 Å². The van der Waals surface area contributed by atoms with E-state index in [0.717, 1.165) is 93.1 Å². The van der Waals surface area contributed by atoms with Crippen LogP contribution in [0, 0.1) is 0 Å². The van der Waals surface area contributed by atoms with Crippen molar-refractivity contribution in [2.45, 2.75) is 76.0 Å². The number of aliphatic hydroxyl groups excluding tert-OH is 1. The third kappa shape index (κ3) is 62.9. The molecule has 0 heterocycles. The van der Waals surface area contributed by atoms with Crippen molar-refractivity contribution in [3.05, 3.63) is 259 Å². The third-order valence-corrected chi connectivity index (χ3v) is 15.8. The molecule has 125 heavy (non-hydrogen) atoms. The molecular formula is C85H98N2O36S2. The SMILES string of the molecule is C.C=C(C)C(=O)OCCOC(=O)CCC(=O)O.C=C=COOCCOC(=O)c1ccc(C(=O)O)c(C(=O)O)c1.C=CC(=O)NC(O)C(=O)O.C=CC(=O)OCCOC(=O)CCC(=O)O.C=Cc1ccc(C(=O)O)cc1.C=Cc1ccc(CN(CC(=O)O)CC(=O)O)cc1.C=Cc1ccc(CSC(CC(=O)O)C(=O)O)cc1.C=Cc1ccc(CSCC(=O)O)cc1. The molecule has 5 aromatic carbocycles. The van der Waals surface area contributed by atoms with Crippen LogP contribution in [0.15, 0.2) is 198 Å². The highest BCUT2D eigenvalue weighted by Crippen LogP contribution is 2.22. The van der Waals surface area contributed by atoms with Gasteiger partial charge in [-0.2, -0.15) is 4.89 Å². The van der Waals surface area contributed by atoms with Crippen LogP contribution in [0.4, 0.5) is 0 Å². The molecule has 38 nitrogen and oxygen atoms in total. The van der Waals surface area contributed by atoms with Crippen molar-refractivity contribution in [2.75, 3.05) is 58.5 Å². The first-order valence-corrected chi connectivity index (χ1v) is 37.5. The van der Waals surface area contributed by atoms with E-state index < -0.39 is 124 Å². The lowest BCUT2D eigenvalue weighted by atomic mass is 10.0. The Labute approximate surface area is 725 Å². The summed E-state index contributed by atoms with van der Waals surface area (Å²) in [5, 5.41) is 104. The van der Waals surface area contributed by atoms with E-state index in [9.17, 15) is 81.5 Å². The van der Waals surface area contributed by atoms with E-state index in [1.807, 2.05) is 72.8 Å². The van der Waals surface area contributed by atoms with Gasteiger partial charge >= 0.3 is 95.5 Å².